The number of carbonyl (C=O) groups is 1. The lowest BCUT2D eigenvalue weighted by molar-refractivity contribution is -0.352. The van der Waals surface area contributed by atoms with Gasteiger partial charge in [-0.1, -0.05) is 11.6 Å². The van der Waals surface area contributed by atoms with Gasteiger partial charge in [0.05, 0.1) is 36.4 Å². The van der Waals surface area contributed by atoms with Crippen molar-refractivity contribution in [3.63, 3.8) is 0 Å². The minimum Gasteiger partial charge on any atom is -0.480 e. The summed E-state index contributed by atoms with van der Waals surface area (Å²) >= 11 is 5.98. The molecule has 1 aliphatic carbocycles. The maximum absolute atomic E-state index is 12.9. The first-order chi connectivity index (χ1) is 17.1. The molecule has 1 aromatic heterocycles. The monoisotopic (exact) mass is 529 g/mol. The highest BCUT2D eigenvalue weighted by molar-refractivity contribution is 6.30. The van der Waals surface area contributed by atoms with Crippen LogP contribution in [0, 0.1) is 0 Å². The molecule has 6 atom stereocenters. The van der Waals surface area contributed by atoms with Gasteiger partial charge in [-0.15, -0.1) is 23.4 Å². The summed E-state index contributed by atoms with van der Waals surface area (Å²) in [7, 11) is 0. The van der Waals surface area contributed by atoms with Gasteiger partial charge >= 0.3 is 6.36 Å². The third-order valence-electron chi connectivity index (χ3n) is 7.39. The first kappa shape index (κ1) is 24.0. The van der Waals surface area contributed by atoms with Gasteiger partial charge in [0.1, 0.15) is 5.75 Å². The second-order valence-corrected chi connectivity index (χ2v) is 10.2. The molecule has 1 amide bonds. The molecule has 2 saturated heterocycles. The number of carbonyl (C=O) groups excluding carboxylic acids is 1. The number of amides is 1. The first-order valence-corrected chi connectivity index (χ1v) is 12.2. The Hall–Kier alpha value is -2.41. The van der Waals surface area contributed by atoms with Crippen LogP contribution in [0.15, 0.2) is 22.6 Å². The Morgan fingerprint density at radius 1 is 1.11 bits per heavy atom. The predicted molar refractivity (Wildman–Crippen MR) is 115 cm³/mol. The minimum atomic E-state index is -4.65. The van der Waals surface area contributed by atoms with E-state index in [0.29, 0.717) is 41.0 Å². The van der Waals surface area contributed by atoms with Crippen molar-refractivity contribution in [2.24, 2.45) is 0 Å². The minimum absolute atomic E-state index is 0.115. The SMILES string of the molecule is O=C(N[C@H]1C[C@H]2O[C@@H]1C[C@@H]2c1nnc([C@H]2C[C@@H](OC(F)(F)F)C2)o1)[C@@H]1C[C@@H](O)c2cc(Cl)ccc2O1. The zero-order valence-corrected chi connectivity index (χ0v) is 19.5. The van der Waals surface area contributed by atoms with E-state index in [4.69, 9.17) is 25.5 Å². The number of rotatable bonds is 5. The van der Waals surface area contributed by atoms with E-state index in [2.05, 4.69) is 20.3 Å². The van der Waals surface area contributed by atoms with Gasteiger partial charge in [0.2, 0.25) is 11.8 Å². The molecule has 0 spiro atoms. The van der Waals surface area contributed by atoms with Crippen molar-refractivity contribution in [1.29, 1.82) is 0 Å². The maximum Gasteiger partial charge on any atom is 0.522 e. The van der Waals surface area contributed by atoms with Gasteiger partial charge in [0, 0.05) is 22.9 Å². The van der Waals surface area contributed by atoms with Crippen LogP contribution in [0.2, 0.25) is 5.02 Å². The Labute approximate surface area is 208 Å². The molecule has 4 heterocycles. The van der Waals surface area contributed by atoms with E-state index in [1.807, 2.05) is 0 Å². The molecule has 2 bridgehead atoms. The molecule has 1 aromatic carbocycles. The fourth-order valence-corrected chi connectivity index (χ4v) is 5.72. The lowest BCUT2D eigenvalue weighted by atomic mass is 9.82. The molecule has 3 aliphatic heterocycles. The molecule has 0 radical (unpaired) electrons. The highest BCUT2D eigenvalue weighted by atomic mass is 35.5. The molecule has 36 heavy (non-hydrogen) atoms. The third-order valence-corrected chi connectivity index (χ3v) is 7.63. The maximum atomic E-state index is 12.9. The molecule has 13 heteroatoms. The summed E-state index contributed by atoms with van der Waals surface area (Å²) in [6.45, 7) is 0. The first-order valence-electron chi connectivity index (χ1n) is 11.8. The Kier molecular flexibility index (Phi) is 5.90. The number of benzene rings is 1. The summed E-state index contributed by atoms with van der Waals surface area (Å²) in [6.07, 6.45) is -6.12. The van der Waals surface area contributed by atoms with Crippen LogP contribution in [-0.2, 0) is 14.3 Å². The van der Waals surface area contributed by atoms with Gasteiger partial charge in [0.15, 0.2) is 6.10 Å². The van der Waals surface area contributed by atoms with Gasteiger partial charge in [-0.3, -0.25) is 9.53 Å². The van der Waals surface area contributed by atoms with Crippen LogP contribution in [0.5, 0.6) is 5.75 Å². The van der Waals surface area contributed by atoms with Gasteiger partial charge < -0.3 is 24.3 Å². The number of ether oxygens (including phenoxy) is 3. The fourth-order valence-electron chi connectivity index (χ4n) is 5.54. The molecule has 1 saturated carbocycles. The summed E-state index contributed by atoms with van der Waals surface area (Å²) in [5.74, 6) is 0.421. The Morgan fingerprint density at radius 2 is 1.89 bits per heavy atom. The average molecular weight is 530 g/mol. The highest BCUT2D eigenvalue weighted by Gasteiger charge is 2.51. The summed E-state index contributed by atoms with van der Waals surface area (Å²) in [5.41, 5.74) is 0.557. The van der Waals surface area contributed by atoms with Crippen LogP contribution in [0.25, 0.3) is 0 Å². The average Bonchev–Trinajstić information content (AvgIpc) is 3.51. The summed E-state index contributed by atoms with van der Waals surface area (Å²) in [4.78, 5) is 12.9. The van der Waals surface area contributed by atoms with E-state index in [1.54, 1.807) is 18.2 Å². The molecule has 2 aromatic rings. The molecule has 194 valence electrons. The van der Waals surface area contributed by atoms with Crippen molar-refractivity contribution < 1.29 is 41.7 Å². The van der Waals surface area contributed by atoms with Crippen molar-refractivity contribution in [3.05, 3.63) is 40.6 Å². The molecule has 2 N–H and O–H groups in total. The number of aliphatic hydroxyl groups excluding tert-OH is 1. The number of aromatic nitrogens is 2. The summed E-state index contributed by atoms with van der Waals surface area (Å²) in [5, 5.41) is 22.0. The van der Waals surface area contributed by atoms with Gasteiger partial charge in [-0.05, 0) is 43.9 Å². The number of nitrogens with zero attached hydrogens (tertiary/aromatic N) is 2. The molecule has 4 aliphatic rings. The van der Waals surface area contributed by atoms with E-state index >= 15 is 0 Å². The van der Waals surface area contributed by atoms with E-state index in [-0.39, 0.29) is 55.3 Å². The second kappa shape index (κ2) is 8.86. The van der Waals surface area contributed by atoms with E-state index in [9.17, 15) is 23.1 Å². The second-order valence-electron chi connectivity index (χ2n) is 9.78. The number of hydrogen-bond acceptors (Lipinski definition) is 8. The zero-order valence-electron chi connectivity index (χ0n) is 18.8. The van der Waals surface area contributed by atoms with Crippen LogP contribution in [0.4, 0.5) is 13.2 Å². The number of fused-ring (bicyclic) bond motifs is 3. The van der Waals surface area contributed by atoms with Crippen molar-refractivity contribution in [1.82, 2.24) is 15.5 Å². The van der Waals surface area contributed by atoms with Crippen molar-refractivity contribution in [3.8, 4) is 5.75 Å². The van der Waals surface area contributed by atoms with Crippen LogP contribution in [0.1, 0.15) is 67.4 Å². The highest BCUT2D eigenvalue weighted by Crippen LogP contribution is 2.46. The van der Waals surface area contributed by atoms with E-state index < -0.39 is 24.7 Å². The van der Waals surface area contributed by atoms with Crippen molar-refractivity contribution in [2.75, 3.05) is 0 Å². The number of alkyl halides is 3. The predicted octanol–water partition coefficient (Wildman–Crippen LogP) is 3.52. The third kappa shape index (κ3) is 4.55. The summed E-state index contributed by atoms with van der Waals surface area (Å²) < 4.78 is 58.6. The molecule has 3 fully saturated rings. The van der Waals surface area contributed by atoms with Crippen molar-refractivity contribution >= 4 is 17.5 Å². The van der Waals surface area contributed by atoms with Gasteiger partial charge in [-0.25, -0.2) is 0 Å². The molecular weight excluding hydrogens is 507 g/mol. The quantitative estimate of drug-likeness (QED) is 0.604. The molecular formula is C23H23ClF3N3O6. The van der Waals surface area contributed by atoms with Gasteiger partial charge in [-0.2, -0.15) is 0 Å². The molecule has 0 unspecified atom stereocenters. The Morgan fingerprint density at radius 3 is 2.61 bits per heavy atom. The number of hydrogen-bond donors (Lipinski definition) is 2. The fraction of sp³-hybridized carbons (Fsp3) is 0.609. The van der Waals surface area contributed by atoms with Crippen LogP contribution in [0.3, 0.4) is 0 Å². The zero-order chi connectivity index (χ0) is 25.2. The summed E-state index contributed by atoms with van der Waals surface area (Å²) in [6, 6.07) is 4.68. The number of aliphatic hydroxyl groups is 1. The standard InChI is InChI=1S/C23H23ClF3N3O6/c24-10-1-2-16-12(5-10)15(31)8-19(33-16)20(32)28-14-7-17-13(6-18(14)34-17)22-30-29-21(35-22)9-3-11(4-9)36-23(25,26)27/h1-2,5,9,11,13-15,17-19,31H,3-4,6-8H2,(H,28,32)/t9-,11+,13-,14-,15+,17+,18+,19-/m0/s1. The van der Waals surface area contributed by atoms with E-state index in [0.717, 1.165) is 0 Å². The van der Waals surface area contributed by atoms with Crippen LogP contribution >= 0.6 is 11.6 Å². The number of halogens is 4. The number of nitrogens with one attached hydrogen (secondary N) is 1. The largest absolute Gasteiger partial charge is 0.522 e. The van der Waals surface area contributed by atoms with E-state index in [1.165, 1.54) is 0 Å². The molecule has 9 nitrogen and oxygen atoms in total. The Bertz CT molecular complexity index is 1160. The van der Waals surface area contributed by atoms with Crippen LogP contribution in [-0.4, -0.2) is 58.0 Å². The smallest absolute Gasteiger partial charge is 0.480 e. The Balaban J connectivity index is 1.02. The molecule has 6 rings (SSSR count). The normalized spacial score (nSPS) is 35.1. The lowest BCUT2D eigenvalue weighted by Crippen LogP contribution is -2.49. The van der Waals surface area contributed by atoms with Gasteiger partial charge in [0.25, 0.3) is 5.91 Å². The van der Waals surface area contributed by atoms with Crippen molar-refractivity contribution in [2.45, 2.75) is 86.9 Å². The lowest BCUT2D eigenvalue weighted by Gasteiger charge is -2.32. The topological polar surface area (TPSA) is 116 Å². The van der Waals surface area contributed by atoms with Crippen LogP contribution < -0.4 is 10.1 Å².